The van der Waals surface area contributed by atoms with E-state index in [0.29, 0.717) is 23.9 Å². The SMILES string of the molecule is CCNC(CC)C(=O)c1cc2occc2cc1F. The van der Waals surface area contributed by atoms with E-state index < -0.39 is 5.82 Å². The van der Waals surface area contributed by atoms with Crippen LogP contribution in [0.1, 0.15) is 30.6 Å². The molecule has 2 aromatic rings. The van der Waals surface area contributed by atoms with Gasteiger partial charge in [-0.15, -0.1) is 0 Å². The molecule has 96 valence electrons. The Labute approximate surface area is 105 Å². The maximum atomic E-state index is 13.9. The van der Waals surface area contributed by atoms with Crippen LogP contribution in [0.15, 0.2) is 28.9 Å². The van der Waals surface area contributed by atoms with E-state index in [1.165, 1.54) is 18.4 Å². The van der Waals surface area contributed by atoms with Crippen molar-refractivity contribution in [2.45, 2.75) is 26.3 Å². The summed E-state index contributed by atoms with van der Waals surface area (Å²) >= 11 is 0. The van der Waals surface area contributed by atoms with Crippen LogP contribution in [0, 0.1) is 5.82 Å². The average molecular weight is 249 g/mol. The number of rotatable bonds is 5. The number of nitrogens with one attached hydrogen (secondary N) is 1. The first kappa shape index (κ1) is 12.8. The van der Waals surface area contributed by atoms with Gasteiger partial charge in [0, 0.05) is 5.39 Å². The molecule has 2 rings (SSSR count). The Bertz CT molecular complexity index is 562. The number of benzene rings is 1. The predicted molar refractivity (Wildman–Crippen MR) is 68.3 cm³/mol. The summed E-state index contributed by atoms with van der Waals surface area (Å²) in [6.45, 7) is 4.49. The van der Waals surface area contributed by atoms with Crippen molar-refractivity contribution in [2.24, 2.45) is 0 Å². The summed E-state index contributed by atoms with van der Waals surface area (Å²) in [5.41, 5.74) is 0.622. The monoisotopic (exact) mass is 249 g/mol. The minimum Gasteiger partial charge on any atom is -0.464 e. The largest absolute Gasteiger partial charge is 0.464 e. The average Bonchev–Trinajstić information content (AvgIpc) is 2.81. The number of ketones is 1. The van der Waals surface area contributed by atoms with Crippen LogP contribution in [0.5, 0.6) is 0 Å². The van der Waals surface area contributed by atoms with Gasteiger partial charge in [-0.1, -0.05) is 13.8 Å². The normalized spacial score (nSPS) is 12.8. The molecule has 0 fully saturated rings. The molecule has 1 heterocycles. The molecule has 0 bridgehead atoms. The second-order valence-corrected chi connectivity index (χ2v) is 4.17. The van der Waals surface area contributed by atoms with E-state index in [4.69, 9.17) is 4.42 Å². The Hall–Kier alpha value is -1.68. The Morgan fingerprint density at radius 3 is 2.89 bits per heavy atom. The Balaban J connectivity index is 2.39. The zero-order chi connectivity index (χ0) is 13.1. The van der Waals surface area contributed by atoms with Crippen LogP contribution in [-0.4, -0.2) is 18.4 Å². The van der Waals surface area contributed by atoms with Gasteiger partial charge in [0.15, 0.2) is 5.78 Å². The van der Waals surface area contributed by atoms with Gasteiger partial charge in [-0.25, -0.2) is 4.39 Å². The van der Waals surface area contributed by atoms with Gasteiger partial charge in [-0.05, 0) is 31.2 Å². The third-order valence-electron chi connectivity index (χ3n) is 2.98. The highest BCUT2D eigenvalue weighted by Gasteiger charge is 2.21. The van der Waals surface area contributed by atoms with Crippen LogP contribution in [0.25, 0.3) is 11.0 Å². The van der Waals surface area contributed by atoms with Crippen molar-refractivity contribution < 1.29 is 13.6 Å². The van der Waals surface area contributed by atoms with E-state index in [2.05, 4.69) is 5.32 Å². The molecule has 0 spiro atoms. The molecule has 1 unspecified atom stereocenters. The lowest BCUT2D eigenvalue weighted by Gasteiger charge is -2.14. The van der Waals surface area contributed by atoms with E-state index in [9.17, 15) is 9.18 Å². The zero-order valence-corrected chi connectivity index (χ0v) is 10.5. The van der Waals surface area contributed by atoms with Crippen LogP contribution >= 0.6 is 0 Å². The molecule has 0 amide bonds. The fourth-order valence-corrected chi connectivity index (χ4v) is 2.03. The molecule has 1 N–H and O–H groups in total. The number of likely N-dealkylation sites (N-methyl/N-ethyl adjacent to an activating group) is 1. The third-order valence-corrected chi connectivity index (χ3v) is 2.98. The fourth-order valence-electron chi connectivity index (χ4n) is 2.03. The first-order valence-corrected chi connectivity index (χ1v) is 6.11. The standard InChI is InChI=1S/C14H16FNO2/c1-3-12(16-4-2)14(17)10-8-13-9(5-6-18-13)7-11(10)15/h5-8,12,16H,3-4H2,1-2H3. The number of halogens is 1. The summed E-state index contributed by atoms with van der Waals surface area (Å²) in [7, 11) is 0. The molecule has 1 aromatic carbocycles. The lowest BCUT2D eigenvalue weighted by Crippen LogP contribution is -2.36. The molecule has 1 atom stereocenters. The summed E-state index contributed by atoms with van der Waals surface area (Å²) < 4.78 is 19.1. The van der Waals surface area contributed by atoms with Crippen molar-refractivity contribution in [1.82, 2.24) is 5.32 Å². The molecule has 0 saturated heterocycles. The lowest BCUT2D eigenvalue weighted by molar-refractivity contribution is 0.0937. The first-order valence-electron chi connectivity index (χ1n) is 6.11. The molecule has 0 aliphatic carbocycles. The van der Waals surface area contributed by atoms with Gasteiger partial charge in [-0.2, -0.15) is 0 Å². The molecule has 0 radical (unpaired) electrons. The van der Waals surface area contributed by atoms with Gasteiger partial charge in [0.2, 0.25) is 0 Å². The molecule has 18 heavy (non-hydrogen) atoms. The Morgan fingerprint density at radius 1 is 1.44 bits per heavy atom. The molecule has 0 saturated carbocycles. The summed E-state index contributed by atoms with van der Waals surface area (Å²) in [6.07, 6.45) is 2.11. The third kappa shape index (κ3) is 2.29. The molecule has 0 aliphatic rings. The van der Waals surface area contributed by atoms with Gasteiger partial charge in [-0.3, -0.25) is 4.79 Å². The Morgan fingerprint density at radius 2 is 2.22 bits per heavy atom. The number of furan rings is 1. The summed E-state index contributed by atoms with van der Waals surface area (Å²) in [5.74, 6) is -0.722. The van der Waals surface area contributed by atoms with Crippen LogP contribution in [0.2, 0.25) is 0 Å². The number of Topliss-reactive ketones (excluding diaryl/α,β-unsaturated/α-hetero) is 1. The molecular weight excluding hydrogens is 233 g/mol. The van der Waals surface area contributed by atoms with Crippen molar-refractivity contribution >= 4 is 16.8 Å². The molecule has 0 aliphatic heterocycles. The maximum absolute atomic E-state index is 13.9. The van der Waals surface area contributed by atoms with Gasteiger partial charge in [0.05, 0.1) is 17.9 Å². The number of hydrogen-bond acceptors (Lipinski definition) is 3. The van der Waals surface area contributed by atoms with Gasteiger partial charge >= 0.3 is 0 Å². The van der Waals surface area contributed by atoms with E-state index in [1.54, 1.807) is 6.07 Å². The van der Waals surface area contributed by atoms with Crippen LogP contribution in [0.4, 0.5) is 4.39 Å². The molecule has 3 nitrogen and oxygen atoms in total. The summed E-state index contributed by atoms with van der Waals surface area (Å²) in [6, 6.07) is 4.14. The summed E-state index contributed by atoms with van der Waals surface area (Å²) in [5, 5.41) is 3.72. The highest BCUT2D eigenvalue weighted by Crippen LogP contribution is 2.21. The zero-order valence-electron chi connectivity index (χ0n) is 10.5. The highest BCUT2D eigenvalue weighted by atomic mass is 19.1. The van der Waals surface area contributed by atoms with E-state index >= 15 is 0 Å². The molecule has 4 heteroatoms. The topological polar surface area (TPSA) is 42.2 Å². The maximum Gasteiger partial charge on any atom is 0.182 e. The molecule has 1 aromatic heterocycles. The van der Waals surface area contributed by atoms with Gasteiger partial charge in [0.1, 0.15) is 11.4 Å². The minimum atomic E-state index is -0.495. The van der Waals surface area contributed by atoms with Gasteiger partial charge < -0.3 is 9.73 Å². The van der Waals surface area contributed by atoms with E-state index in [1.807, 2.05) is 13.8 Å². The van der Waals surface area contributed by atoms with Crippen molar-refractivity contribution in [1.29, 1.82) is 0 Å². The Kier molecular flexibility index (Phi) is 3.77. The van der Waals surface area contributed by atoms with Crippen molar-refractivity contribution in [3.63, 3.8) is 0 Å². The number of fused-ring (bicyclic) bond motifs is 1. The quantitative estimate of drug-likeness (QED) is 0.828. The van der Waals surface area contributed by atoms with E-state index in [0.717, 1.165) is 0 Å². The van der Waals surface area contributed by atoms with Crippen molar-refractivity contribution in [3.8, 4) is 0 Å². The van der Waals surface area contributed by atoms with Crippen molar-refractivity contribution in [3.05, 3.63) is 35.8 Å². The second kappa shape index (κ2) is 5.31. The van der Waals surface area contributed by atoms with Crippen molar-refractivity contribution in [2.75, 3.05) is 6.54 Å². The van der Waals surface area contributed by atoms with Gasteiger partial charge in [0.25, 0.3) is 0 Å². The second-order valence-electron chi connectivity index (χ2n) is 4.17. The smallest absolute Gasteiger partial charge is 0.182 e. The number of hydrogen-bond donors (Lipinski definition) is 1. The highest BCUT2D eigenvalue weighted by molar-refractivity contribution is 6.02. The predicted octanol–water partition coefficient (Wildman–Crippen LogP) is 3.14. The summed E-state index contributed by atoms with van der Waals surface area (Å²) in [4.78, 5) is 12.2. The van der Waals surface area contributed by atoms with Crippen LogP contribution < -0.4 is 5.32 Å². The molecular formula is C14H16FNO2. The fraction of sp³-hybridized carbons (Fsp3) is 0.357. The van der Waals surface area contributed by atoms with Crippen LogP contribution in [0.3, 0.4) is 0 Å². The first-order chi connectivity index (χ1) is 8.67. The van der Waals surface area contributed by atoms with Crippen LogP contribution in [-0.2, 0) is 0 Å². The number of carbonyl (C=O) groups is 1. The number of carbonyl (C=O) groups excluding carboxylic acids is 1. The minimum absolute atomic E-state index is 0.0882. The lowest BCUT2D eigenvalue weighted by atomic mass is 10.0. The van der Waals surface area contributed by atoms with E-state index in [-0.39, 0.29) is 17.4 Å².